The first-order chi connectivity index (χ1) is 12.5. The van der Waals surface area contributed by atoms with Gasteiger partial charge in [0.25, 0.3) is 5.91 Å². The van der Waals surface area contributed by atoms with Crippen LogP contribution < -0.4 is 10.2 Å². The number of nitrogens with one attached hydrogen (secondary N) is 1. The maximum absolute atomic E-state index is 14.2. The third kappa shape index (κ3) is 4.02. The van der Waals surface area contributed by atoms with Crippen molar-refractivity contribution in [1.82, 2.24) is 5.32 Å². The van der Waals surface area contributed by atoms with Crippen molar-refractivity contribution in [2.24, 2.45) is 0 Å². The lowest BCUT2D eigenvalue weighted by Gasteiger charge is -2.25. The number of anilines is 1. The summed E-state index contributed by atoms with van der Waals surface area (Å²) in [6.07, 6.45) is 1.52. The summed E-state index contributed by atoms with van der Waals surface area (Å²) in [6, 6.07) is 9.96. The zero-order chi connectivity index (χ0) is 18.7. The van der Waals surface area contributed by atoms with Gasteiger partial charge in [0, 0.05) is 26.3 Å². The second-order valence-corrected chi connectivity index (χ2v) is 6.61. The Labute approximate surface area is 151 Å². The molecule has 26 heavy (non-hydrogen) atoms. The van der Waals surface area contributed by atoms with E-state index in [1.165, 1.54) is 18.2 Å². The van der Waals surface area contributed by atoms with Gasteiger partial charge in [-0.05, 0) is 48.7 Å². The Morgan fingerprint density at radius 3 is 2.50 bits per heavy atom. The molecule has 1 heterocycles. The predicted octanol–water partition coefficient (Wildman–Crippen LogP) is 3.68. The molecule has 138 valence electrons. The van der Waals surface area contributed by atoms with Crippen LogP contribution >= 0.6 is 0 Å². The van der Waals surface area contributed by atoms with Crippen molar-refractivity contribution in [1.29, 1.82) is 0 Å². The van der Waals surface area contributed by atoms with Crippen LogP contribution in [0.3, 0.4) is 0 Å². The minimum atomic E-state index is -0.460. The summed E-state index contributed by atoms with van der Waals surface area (Å²) in [5.41, 5.74) is 1.41. The maximum atomic E-state index is 14.2. The molecule has 0 bridgehead atoms. The van der Waals surface area contributed by atoms with Gasteiger partial charge in [0.1, 0.15) is 11.6 Å². The van der Waals surface area contributed by atoms with Crippen molar-refractivity contribution in [2.75, 3.05) is 25.6 Å². The highest BCUT2D eigenvalue weighted by Crippen LogP contribution is 2.28. The average molecular weight is 360 g/mol. The quantitative estimate of drug-likeness (QED) is 0.884. The van der Waals surface area contributed by atoms with Gasteiger partial charge in [-0.2, -0.15) is 0 Å². The van der Waals surface area contributed by atoms with Crippen LogP contribution in [0.1, 0.15) is 34.8 Å². The van der Waals surface area contributed by atoms with E-state index in [0.29, 0.717) is 12.3 Å². The first-order valence-electron chi connectivity index (χ1n) is 8.60. The molecule has 1 aliphatic rings. The molecule has 2 aromatic rings. The fourth-order valence-corrected chi connectivity index (χ4v) is 3.16. The SMILES string of the molecule is CN(C)c1ccc(C(=O)N[C@H](c2ccc(F)cc2)[C@H]2CCCO2)cc1F. The van der Waals surface area contributed by atoms with Crippen molar-refractivity contribution in [3.63, 3.8) is 0 Å². The third-order valence-corrected chi connectivity index (χ3v) is 4.54. The molecule has 1 saturated heterocycles. The number of carbonyl (C=O) groups excluding carboxylic acids is 1. The highest BCUT2D eigenvalue weighted by atomic mass is 19.1. The molecule has 1 aliphatic heterocycles. The summed E-state index contributed by atoms with van der Waals surface area (Å²) in [4.78, 5) is 14.3. The molecule has 0 spiro atoms. The fourth-order valence-electron chi connectivity index (χ4n) is 3.16. The third-order valence-electron chi connectivity index (χ3n) is 4.54. The molecule has 1 N–H and O–H groups in total. The summed E-state index contributed by atoms with van der Waals surface area (Å²) < 4.78 is 33.1. The standard InChI is InChI=1S/C20H22F2N2O2/c1-24(2)17-10-7-14(12-16(17)22)20(25)23-19(18-4-3-11-26-18)13-5-8-15(21)9-6-13/h5-10,12,18-19H,3-4,11H2,1-2H3,(H,23,25)/t18-,19-/m1/s1. The van der Waals surface area contributed by atoms with E-state index in [2.05, 4.69) is 5.32 Å². The summed E-state index contributed by atoms with van der Waals surface area (Å²) in [6.45, 7) is 0.629. The molecule has 0 radical (unpaired) electrons. The molecule has 4 nitrogen and oxygen atoms in total. The lowest BCUT2D eigenvalue weighted by Crippen LogP contribution is -2.36. The largest absolute Gasteiger partial charge is 0.376 e. The minimum absolute atomic E-state index is 0.185. The number of halogens is 2. The van der Waals surface area contributed by atoms with Gasteiger partial charge in [0.15, 0.2) is 0 Å². The van der Waals surface area contributed by atoms with Gasteiger partial charge >= 0.3 is 0 Å². The van der Waals surface area contributed by atoms with E-state index >= 15 is 0 Å². The molecular weight excluding hydrogens is 338 g/mol. The second kappa shape index (κ2) is 7.83. The van der Waals surface area contributed by atoms with E-state index in [9.17, 15) is 13.6 Å². The van der Waals surface area contributed by atoms with Crippen molar-refractivity contribution in [3.05, 3.63) is 65.2 Å². The van der Waals surface area contributed by atoms with Gasteiger partial charge in [-0.1, -0.05) is 12.1 Å². The molecule has 1 fully saturated rings. The Balaban J connectivity index is 1.83. The van der Waals surface area contributed by atoms with Crippen LogP contribution in [0.15, 0.2) is 42.5 Å². The Hall–Kier alpha value is -2.47. The van der Waals surface area contributed by atoms with E-state index in [4.69, 9.17) is 4.74 Å². The van der Waals surface area contributed by atoms with Crippen LogP contribution in [0.5, 0.6) is 0 Å². The second-order valence-electron chi connectivity index (χ2n) is 6.61. The number of benzene rings is 2. The first kappa shape index (κ1) is 18.3. The van der Waals surface area contributed by atoms with Gasteiger partial charge in [0.05, 0.1) is 17.8 Å². The monoisotopic (exact) mass is 360 g/mol. The highest BCUT2D eigenvalue weighted by molar-refractivity contribution is 5.95. The number of ether oxygens (including phenoxy) is 1. The topological polar surface area (TPSA) is 41.6 Å². The van der Waals surface area contributed by atoms with E-state index in [0.717, 1.165) is 18.4 Å². The lowest BCUT2D eigenvalue weighted by atomic mass is 9.98. The van der Waals surface area contributed by atoms with Crippen molar-refractivity contribution >= 4 is 11.6 Å². The molecule has 1 amide bonds. The van der Waals surface area contributed by atoms with Gasteiger partial charge in [-0.25, -0.2) is 8.78 Å². The van der Waals surface area contributed by atoms with E-state index < -0.39 is 11.9 Å². The van der Waals surface area contributed by atoms with Crippen molar-refractivity contribution in [2.45, 2.75) is 25.0 Å². The molecule has 3 rings (SSSR count). The zero-order valence-electron chi connectivity index (χ0n) is 14.8. The van der Waals surface area contributed by atoms with Gasteiger partial charge in [-0.3, -0.25) is 4.79 Å². The number of nitrogens with zero attached hydrogens (tertiary/aromatic N) is 1. The van der Waals surface area contributed by atoms with E-state index in [1.807, 2.05) is 0 Å². The minimum Gasteiger partial charge on any atom is -0.376 e. The summed E-state index contributed by atoms with van der Waals surface area (Å²) in [5, 5.41) is 2.92. The van der Waals surface area contributed by atoms with Crippen molar-refractivity contribution in [3.8, 4) is 0 Å². The summed E-state index contributed by atoms with van der Waals surface area (Å²) >= 11 is 0. The normalized spacial score (nSPS) is 17.8. The zero-order valence-corrected chi connectivity index (χ0v) is 14.8. The number of hydrogen-bond acceptors (Lipinski definition) is 3. The first-order valence-corrected chi connectivity index (χ1v) is 8.60. The predicted molar refractivity (Wildman–Crippen MR) is 96.3 cm³/mol. The van der Waals surface area contributed by atoms with E-state index in [1.54, 1.807) is 43.3 Å². The maximum Gasteiger partial charge on any atom is 0.251 e. The van der Waals surface area contributed by atoms with Crippen LogP contribution in [0.2, 0.25) is 0 Å². The van der Waals surface area contributed by atoms with Crippen LogP contribution in [-0.4, -0.2) is 32.7 Å². The fraction of sp³-hybridized carbons (Fsp3) is 0.350. The number of carbonyl (C=O) groups is 1. The number of amides is 1. The van der Waals surface area contributed by atoms with Gasteiger partial charge < -0.3 is 15.0 Å². The Morgan fingerprint density at radius 2 is 1.92 bits per heavy atom. The highest BCUT2D eigenvalue weighted by Gasteiger charge is 2.29. The number of hydrogen-bond donors (Lipinski definition) is 1. The summed E-state index contributed by atoms with van der Waals surface area (Å²) in [5.74, 6) is -1.19. The molecule has 0 aliphatic carbocycles. The molecule has 6 heteroatoms. The number of rotatable bonds is 5. The smallest absolute Gasteiger partial charge is 0.251 e. The molecular formula is C20H22F2N2O2. The Kier molecular flexibility index (Phi) is 5.52. The Morgan fingerprint density at radius 1 is 1.19 bits per heavy atom. The Bertz CT molecular complexity index is 772. The lowest BCUT2D eigenvalue weighted by molar-refractivity contribution is 0.0672. The molecule has 0 aromatic heterocycles. The van der Waals surface area contributed by atoms with Crippen LogP contribution in [-0.2, 0) is 4.74 Å². The molecule has 2 atom stereocenters. The van der Waals surface area contributed by atoms with Crippen molar-refractivity contribution < 1.29 is 18.3 Å². The average Bonchev–Trinajstić information content (AvgIpc) is 3.14. The molecule has 0 unspecified atom stereocenters. The van der Waals surface area contributed by atoms with Gasteiger partial charge in [0.2, 0.25) is 0 Å². The summed E-state index contributed by atoms with van der Waals surface area (Å²) in [7, 11) is 3.47. The van der Waals surface area contributed by atoms with Gasteiger partial charge in [-0.15, -0.1) is 0 Å². The van der Waals surface area contributed by atoms with Crippen LogP contribution in [0.4, 0.5) is 14.5 Å². The van der Waals surface area contributed by atoms with E-state index in [-0.39, 0.29) is 23.4 Å². The van der Waals surface area contributed by atoms with Crippen LogP contribution in [0, 0.1) is 11.6 Å². The molecule has 0 saturated carbocycles. The molecule has 2 aromatic carbocycles. The van der Waals surface area contributed by atoms with Crippen LogP contribution in [0.25, 0.3) is 0 Å².